The van der Waals surface area contributed by atoms with Crippen molar-refractivity contribution in [3.8, 4) is 0 Å². The molecule has 3 aromatic rings. The molecule has 0 aliphatic carbocycles. The van der Waals surface area contributed by atoms with E-state index in [0.717, 1.165) is 23.7 Å². The second kappa shape index (κ2) is 7.40. The summed E-state index contributed by atoms with van der Waals surface area (Å²) in [6, 6.07) is 12.4. The van der Waals surface area contributed by atoms with Gasteiger partial charge in [-0.2, -0.15) is 0 Å². The number of halogens is 2. The Hall–Kier alpha value is -3.25. The molecule has 0 unspecified atom stereocenters. The van der Waals surface area contributed by atoms with E-state index < -0.39 is 11.7 Å². The van der Waals surface area contributed by atoms with Crippen LogP contribution < -0.4 is 10.2 Å². The van der Waals surface area contributed by atoms with Crippen LogP contribution in [0.15, 0.2) is 60.9 Å². The summed E-state index contributed by atoms with van der Waals surface area (Å²) >= 11 is 5.96. The zero-order chi connectivity index (χ0) is 19.7. The normalized spacial score (nSPS) is 12.6. The molecule has 1 aromatic heterocycles. The van der Waals surface area contributed by atoms with Gasteiger partial charge in [0.05, 0.1) is 10.6 Å². The number of nitrogens with zero attached hydrogens (tertiary/aromatic N) is 2. The van der Waals surface area contributed by atoms with Crippen LogP contribution in [0.3, 0.4) is 0 Å². The Bertz CT molecular complexity index is 1070. The number of fused-ring (bicyclic) bond motifs is 1. The van der Waals surface area contributed by atoms with Gasteiger partial charge in [-0.25, -0.2) is 4.39 Å². The van der Waals surface area contributed by atoms with E-state index in [1.165, 1.54) is 12.1 Å². The molecular weight excluding hydrogens is 381 g/mol. The lowest BCUT2D eigenvalue weighted by molar-refractivity contribution is 0.0988. The first-order chi connectivity index (χ1) is 13.5. The number of rotatable bonds is 3. The first-order valence-electron chi connectivity index (χ1n) is 8.64. The predicted octanol–water partition coefficient (Wildman–Crippen LogP) is 4.33. The third-order valence-corrected chi connectivity index (χ3v) is 4.90. The summed E-state index contributed by atoms with van der Waals surface area (Å²) in [4.78, 5) is 30.9. The molecule has 0 bridgehead atoms. The van der Waals surface area contributed by atoms with Crippen LogP contribution in [0.2, 0.25) is 5.02 Å². The van der Waals surface area contributed by atoms with Crippen molar-refractivity contribution in [3.63, 3.8) is 0 Å². The van der Waals surface area contributed by atoms with Crippen molar-refractivity contribution in [1.82, 2.24) is 4.98 Å². The molecule has 140 valence electrons. The lowest BCUT2D eigenvalue weighted by Crippen LogP contribution is -2.28. The zero-order valence-corrected chi connectivity index (χ0v) is 15.4. The van der Waals surface area contributed by atoms with Crippen LogP contribution in [0.25, 0.3) is 0 Å². The van der Waals surface area contributed by atoms with Gasteiger partial charge in [-0.1, -0.05) is 17.7 Å². The second-order valence-electron chi connectivity index (χ2n) is 6.36. The molecule has 0 fully saturated rings. The van der Waals surface area contributed by atoms with Gasteiger partial charge in [0.2, 0.25) is 0 Å². The van der Waals surface area contributed by atoms with Gasteiger partial charge in [0.25, 0.3) is 11.8 Å². The first-order valence-corrected chi connectivity index (χ1v) is 9.02. The monoisotopic (exact) mass is 395 g/mol. The van der Waals surface area contributed by atoms with E-state index in [9.17, 15) is 14.0 Å². The van der Waals surface area contributed by atoms with E-state index in [4.69, 9.17) is 11.6 Å². The Morgan fingerprint density at radius 2 is 1.86 bits per heavy atom. The maximum atomic E-state index is 13.2. The Morgan fingerprint density at radius 1 is 1.07 bits per heavy atom. The number of nitrogens with one attached hydrogen (secondary N) is 1. The van der Waals surface area contributed by atoms with Crippen molar-refractivity contribution in [2.24, 2.45) is 0 Å². The third-order valence-electron chi connectivity index (χ3n) is 4.59. The number of benzene rings is 2. The SMILES string of the molecule is O=C(Nc1ccc2c(c1)N(C(=O)c1ccncc1)CC2)c1ccc(F)cc1Cl. The van der Waals surface area contributed by atoms with Gasteiger partial charge in [0, 0.05) is 35.9 Å². The van der Waals surface area contributed by atoms with E-state index in [1.807, 2.05) is 6.07 Å². The maximum Gasteiger partial charge on any atom is 0.258 e. The first kappa shape index (κ1) is 18.1. The highest BCUT2D eigenvalue weighted by Gasteiger charge is 2.26. The van der Waals surface area contributed by atoms with Gasteiger partial charge in [0.1, 0.15) is 5.82 Å². The van der Waals surface area contributed by atoms with Gasteiger partial charge in [-0.3, -0.25) is 14.6 Å². The molecule has 2 amide bonds. The number of pyridine rings is 1. The van der Waals surface area contributed by atoms with E-state index in [1.54, 1.807) is 41.6 Å². The van der Waals surface area contributed by atoms with Gasteiger partial charge >= 0.3 is 0 Å². The van der Waals surface area contributed by atoms with E-state index in [0.29, 0.717) is 17.8 Å². The number of aromatic nitrogens is 1. The third kappa shape index (κ3) is 3.46. The fraction of sp³-hybridized carbons (Fsp3) is 0.0952. The van der Waals surface area contributed by atoms with Crippen LogP contribution in [0.4, 0.5) is 15.8 Å². The molecule has 1 aliphatic rings. The summed E-state index contributed by atoms with van der Waals surface area (Å²) in [5.41, 5.74) is 3.03. The average Bonchev–Trinajstić information content (AvgIpc) is 3.11. The highest BCUT2D eigenvalue weighted by atomic mass is 35.5. The lowest BCUT2D eigenvalue weighted by atomic mass is 10.1. The van der Waals surface area contributed by atoms with Crippen LogP contribution in [0.5, 0.6) is 0 Å². The molecular formula is C21H15ClFN3O2. The Morgan fingerprint density at radius 3 is 2.61 bits per heavy atom. The summed E-state index contributed by atoms with van der Waals surface area (Å²) in [5.74, 6) is -1.08. The molecule has 0 saturated heterocycles. The largest absolute Gasteiger partial charge is 0.322 e. The van der Waals surface area contributed by atoms with Crippen molar-refractivity contribution < 1.29 is 14.0 Å². The summed E-state index contributed by atoms with van der Waals surface area (Å²) in [7, 11) is 0. The zero-order valence-electron chi connectivity index (χ0n) is 14.7. The number of hydrogen-bond donors (Lipinski definition) is 1. The lowest BCUT2D eigenvalue weighted by Gasteiger charge is -2.18. The van der Waals surface area contributed by atoms with Crippen molar-refractivity contribution >= 4 is 34.8 Å². The van der Waals surface area contributed by atoms with Crippen LogP contribution in [-0.4, -0.2) is 23.3 Å². The minimum atomic E-state index is -0.510. The Balaban J connectivity index is 1.58. The number of hydrogen-bond acceptors (Lipinski definition) is 3. The van der Waals surface area contributed by atoms with Crippen molar-refractivity contribution in [2.75, 3.05) is 16.8 Å². The van der Waals surface area contributed by atoms with Gasteiger partial charge in [0.15, 0.2) is 0 Å². The highest BCUT2D eigenvalue weighted by molar-refractivity contribution is 6.34. The molecule has 0 atom stereocenters. The molecule has 2 aromatic carbocycles. The molecule has 4 rings (SSSR count). The molecule has 1 aliphatic heterocycles. The predicted molar refractivity (Wildman–Crippen MR) is 105 cm³/mol. The number of carbonyl (C=O) groups is 2. The van der Waals surface area contributed by atoms with Crippen molar-refractivity contribution in [2.45, 2.75) is 6.42 Å². The number of amides is 2. The second-order valence-corrected chi connectivity index (χ2v) is 6.77. The average molecular weight is 396 g/mol. The molecule has 2 heterocycles. The number of carbonyl (C=O) groups excluding carboxylic acids is 2. The smallest absolute Gasteiger partial charge is 0.258 e. The molecule has 1 N–H and O–H groups in total. The Kier molecular flexibility index (Phi) is 4.79. The fourth-order valence-corrected chi connectivity index (χ4v) is 3.44. The maximum absolute atomic E-state index is 13.2. The highest BCUT2D eigenvalue weighted by Crippen LogP contribution is 2.32. The molecule has 0 spiro atoms. The quantitative estimate of drug-likeness (QED) is 0.718. The molecule has 5 nitrogen and oxygen atoms in total. The van der Waals surface area contributed by atoms with Crippen LogP contribution in [-0.2, 0) is 6.42 Å². The van der Waals surface area contributed by atoms with Gasteiger partial charge in [-0.05, 0) is 54.4 Å². The van der Waals surface area contributed by atoms with Gasteiger partial charge in [-0.15, -0.1) is 0 Å². The minimum Gasteiger partial charge on any atom is -0.322 e. The van der Waals surface area contributed by atoms with Crippen LogP contribution in [0, 0.1) is 5.82 Å². The topological polar surface area (TPSA) is 62.3 Å². The van der Waals surface area contributed by atoms with Crippen molar-refractivity contribution in [3.05, 3.63) is 88.5 Å². The summed E-state index contributed by atoms with van der Waals surface area (Å²) in [6.45, 7) is 0.567. The summed E-state index contributed by atoms with van der Waals surface area (Å²) in [5, 5.41) is 2.79. The van der Waals surface area contributed by atoms with E-state index >= 15 is 0 Å². The summed E-state index contributed by atoms with van der Waals surface area (Å²) < 4.78 is 13.2. The molecule has 7 heteroatoms. The number of anilines is 2. The van der Waals surface area contributed by atoms with Crippen LogP contribution >= 0.6 is 11.6 Å². The standard InChI is InChI=1S/C21H15ClFN3O2/c22-18-11-15(23)2-4-17(18)20(27)25-16-3-1-13-7-10-26(19(13)12-16)21(28)14-5-8-24-9-6-14/h1-6,8-9,11-12H,7,10H2,(H,25,27). The molecule has 0 saturated carbocycles. The molecule has 0 radical (unpaired) electrons. The van der Waals surface area contributed by atoms with Crippen molar-refractivity contribution in [1.29, 1.82) is 0 Å². The Labute approximate surface area is 165 Å². The minimum absolute atomic E-state index is 0.0353. The van der Waals surface area contributed by atoms with E-state index in [-0.39, 0.29) is 16.5 Å². The van der Waals surface area contributed by atoms with Crippen LogP contribution in [0.1, 0.15) is 26.3 Å². The van der Waals surface area contributed by atoms with E-state index in [2.05, 4.69) is 10.3 Å². The van der Waals surface area contributed by atoms with Gasteiger partial charge < -0.3 is 10.2 Å². The fourth-order valence-electron chi connectivity index (χ4n) is 3.19. The molecule has 28 heavy (non-hydrogen) atoms. The summed E-state index contributed by atoms with van der Waals surface area (Å²) in [6.07, 6.45) is 3.89.